The van der Waals surface area contributed by atoms with Crippen LogP contribution in [0.25, 0.3) is 0 Å². The van der Waals surface area contributed by atoms with E-state index in [9.17, 15) is 13.2 Å². The third-order valence-corrected chi connectivity index (χ3v) is 6.93. The van der Waals surface area contributed by atoms with E-state index in [0.717, 1.165) is 18.4 Å². The van der Waals surface area contributed by atoms with E-state index in [1.807, 2.05) is 30.3 Å². The monoisotopic (exact) mass is 322 g/mol. The predicted octanol–water partition coefficient (Wildman–Crippen LogP) is 1.68. The maximum atomic E-state index is 12.8. The Kier molecular flexibility index (Phi) is 4.49. The van der Waals surface area contributed by atoms with Crippen molar-refractivity contribution in [2.24, 2.45) is 5.92 Å². The van der Waals surface area contributed by atoms with Gasteiger partial charge in [-0.15, -0.1) is 0 Å². The molecular weight excluding hydrogens is 300 g/mol. The van der Waals surface area contributed by atoms with Gasteiger partial charge in [0, 0.05) is 26.1 Å². The van der Waals surface area contributed by atoms with Crippen molar-refractivity contribution in [3.05, 3.63) is 35.9 Å². The minimum Gasteiger partial charge on any atom is -0.356 e. The molecule has 0 spiro atoms. The van der Waals surface area contributed by atoms with Crippen molar-refractivity contribution >= 4 is 15.9 Å². The summed E-state index contributed by atoms with van der Waals surface area (Å²) in [6.45, 7) is 1.78. The van der Waals surface area contributed by atoms with Crippen molar-refractivity contribution in [2.45, 2.75) is 30.9 Å². The van der Waals surface area contributed by atoms with E-state index in [4.69, 9.17) is 0 Å². The van der Waals surface area contributed by atoms with Crippen molar-refractivity contribution < 1.29 is 13.2 Å². The topological polar surface area (TPSA) is 66.5 Å². The molecule has 2 atom stereocenters. The van der Waals surface area contributed by atoms with Crippen molar-refractivity contribution in [1.29, 1.82) is 0 Å². The van der Waals surface area contributed by atoms with E-state index < -0.39 is 15.3 Å². The van der Waals surface area contributed by atoms with E-state index >= 15 is 0 Å². The number of hydrogen-bond donors (Lipinski definition) is 1. The highest BCUT2D eigenvalue weighted by Crippen LogP contribution is 2.36. The van der Waals surface area contributed by atoms with E-state index in [0.29, 0.717) is 32.5 Å². The Bertz CT molecular complexity index is 630. The van der Waals surface area contributed by atoms with Crippen molar-refractivity contribution in [3.8, 4) is 0 Å². The number of rotatable bonds is 3. The molecule has 2 saturated heterocycles. The van der Waals surface area contributed by atoms with Crippen LogP contribution in [-0.2, 0) is 14.8 Å². The van der Waals surface area contributed by atoms with Gasteiger partial charge in [-0.1, -0.05) is 30.3 Å². The van der Waals surface area contributed by atoms with E-state index in [1.165, 1.54) is 0 Å². The summed E-state index contributed by atoms with van der Waals surface area (Å²) in [6, 6.07) is 9.45. The fraction of sp³-hybridized carbons (Fsp3) is 0.562. The van der Waals surface area contributed by atoms with Gasteiger partial charge in [0.05, 0.1) is 0 Å². The van der Waals surface area contributed by atoms with Crippen LogP contribution in [0.1, 0.15) is 36.5 Å². The summed E-state index contributed by atoms with van der Waals surface area (Å²) in [7, 11) is -3.28. The molecule has 0 aliphatic carbocycles. The van der Waals surface area contributed by atoms with Crippen LogP contribution in [0.5, 0.6) is 0 Å². The predicted molar refractivity (Wildman–Crippen MR) is 84.6 cm³/mol. The maximum Gasteiger partial charge on any atom is 0.221 e. The summed E-state index contributed by atoms with van der Waals surface area (Å²) in [5.74, 6) is 0.345. The number of carbonyl (C=O) groups is 1. The normalized spacial score (nSPS) is 29.0. The van der Waals surface area contributed by atoms with Crippen LogP contribution in [0.3, 0.4) is 0 Å². The molecule has 2 aliphatic heterocycles. The van der Waals surface area contributed by atoms with Crippen LogP contribution in [0.2, 0.25) is 0 Å². The highest BCUT2D eigenvalue weighted by molar-refractivity contribution is 7.89. The molecule has 22 heavy (non-hydrogen) atoms. The van der Waals surface area contributed by atoms with E-state index in [-0.39, 0.29) is 11.8 Å². The Morgan fingerprint density at radius 3 is 2.68 bits per heavy atom. The first kappa shape index (κ1) is 15.5. The lowest BCUT2D eigenvalue weighted by Gasteiger charge is -2.22. The van der Waals surface area contributed by atoms with Gasteiger partial charge >= 0.3 is 0 Å². The molecule has 6 heteroatoms. The van der Waals surface area contributed by atoms with Crippen molar-refractivity contribution in [2.75, 3.05) is 19.6 Å². The second-order valence-corrected chi connectivity index (χ2v) is 8.25. The molecule has 3 rings (SSSR count). The van der Waals surface area contributed by atoms with Crippen molar-refractivity contribution in [1.82, 2.24) is 9.62 Å². The Labute approximate surface area is 131 Å². The molecule has 1 aromatic carbocycles. The Balaban J connectivity index is 1.70. The number of nitrogens with one attached hydrogen (secondary N) is 1. The van der Waals surface area contributed by atoms with Gasteiger partial charge in [-0.2, -0.15) is 0 Å². The van der Waals surface area contributed by atoms with Gasteiger partial charge in [0.1, 0.15) is 5.25 Å². The minimum atomic E-state index is -3.28. The Morgan fingerprint density at radius 1 is 1.14 bits per heavy atom. The fourth-order valence-electron chi connectivity index (χ4n) is 3.37. The fourth-order valence-corrected chi connectivity index (χ4v) is 5.42. The molecule has 1 amide bonds. The smallest absolute Gasteiger partial charge is 0.221 e. The number of nitrogens with zero attached hydrogens (tertiary/aromatic N) is 1. The Hall–Kier alpha value is -1.40. The lowest BCUT2D eigenvalue weighted by atomic mass is 10.0. The number of benzene rings is 1. The van der Waals surface area contributed by atoms with Crippen LogP contribution in [-0.4, -0.2) is 38.3 Å². The summed E-state index contributed by atoms with van der Waals surface area (Å²) in [5.41, 5.74) is 0.878. The van der Waals surface area contributed by atoms with Gasteiger partial charge in [0.15, 0.2) is 0 Å². The average Bonchev–Trinajstić information content (AvgIpc) is 2.66. The zero-order valence-corrected chi connectivity index (χ0v) is 13.4. The van der Waals surface area contributed by atoms with Gasteiger partial charge < -0.3 is 5.32 Å². The molecule has 0 bridgehead atoms. The van der Waals surface area contributed by atoms with Gasteiger partial charge in [-0.05, 0) is 30.7 Å². The molecule has 5 nitrogen and oxygen atoms in total. The van der Waals surface area contributed by atoms with E-state index in [2.05, 4.69) is 5.32 Å². The summed E-state index contributed by atoms with van der Waals surface area (Å²) in [5, 5.41) is 2.43. The zero-order chi connectivity index (χ0) is 15.6. The quantitative estimate of drug-likeness (QED) is 0.921. The highest BCUT2D eigenvalue weighted by Gasteiger charge is 2.40. The summed E-state index contributed by atoms with van der Waals surface area (Å²) in [6.07, 6.45) is 2.78. The van der Waals surface area contributed by atoms with Crippen LogP contribution >= 0.6 is 0 Å². The molecule has 2 unspecified atom stereocenters. The molecule has 0 radical (unpaired) electrons. The molecule has 120 valence electrons. The second-order valence-electron chi connectivity index (χ2n) is 6.13. The first-order valence-corrected chi connectivity index (χ1v) is 9.38. The molecule has 0 saturated carbocycles. The van der Waals surface area contributed by atoms with Crippen LogP contribution in [0.4, 0.5) is 0 Å². The molecular formula is C16H22N2O3S. The van der Waals surface area contributed by atoms with Crippen LogP contribution < -0.4 is 5.32 Å². The van der Waals surface area contributed by atoms with Crippen LogP contribution in [0.15, 0.2) is 30.3 Å². The molecule has 1 aromatic rings. The van der Waals surface area contributed by atoms with Gasteiger partial charge in [-0.25, -0.2) is 12.7 Å². The zero-order valence-electron chi connectivity index (χ0n) is 12.6. The molecule has 2 aliphatic rings. The second kappa shape index (κ2) is 6.38. The lowest BCUT2D eigenvalue weighted by molar-refractivity contribution is -0.120. The third-order valence-electron chi connectivity index (χ3n) is 4.65. The average molecular weight is 322 g/mol. The first-order valence-electron chi connectivity index (χ1n) is 7.88. The SMILES string of the molecule is O=C1CCC(CN2CCC(c3ccccc3)S2(=O)=O)CCN1. The minimum absolute atomic E-state index is 0.0777. The highest BCUT2D eigenvalue weighted by atomic mass is 32.2. The largest absolute Gasteiger partial charge is 0.356 e. The third kappa shape index (κ3) is 3.17. The molecule has 0 aromatic heterocycles. The van der Waals surface area contributed by atoms with Crippen molar-refractivity contribution in [3.63, 3.8) is 0 Å². The van der Waals surface area contributed by atoms with Gasteiger partial charge in [0.2, 0.25) is 15.9 Å². The van der Waals surface area contributed by atoms with Crippen LogP contribution in [0, 0.1) is 5.92 Å². The van der Waals surface area contributed by atoms with Gasteiger partial charge in [-0.3, -0.25) is 4.79 Å². The first-order chi connectivity index (χ1) is 10.6. The summed E-state index contributed by atoms with van der Waals surface area (Å²) < 4.78 is 27.2. The molecule has 2 fully saturated rings. The standard InChI is InChI=1S/C16H22N2O3S/c19-16-7-6-13(8-10-17-16)12-18-11-9-15(22(18,20)21)14-4-2-1-3-5-14/h1-5,13,15H,6-12H2,(H,17,19). The number of hydrogen-bond acceptors (Lipinski definition) is 3. The van der Waals surface area contributed by atoms with E-state index in [1.54, 1.807) is 4.31 Å². The number of amides is 1. The number of sulfonamides is 1. The summed E-state index contributed by atoms with van der Waals surface area (Å²) >= 11 is 0. The molecule has 1 N–H and O–H groups in total. The summed E-state index contributed by atoms with van der Waals surface area (Å²) in [4.78, 5) is 11.4. The Morgan fingerprint density at radius 2 is 1.91 bits per heavy atom. The number of carbonyl (C=O) groups excluding carboxylic acids is 1. The molecule has 2 heterocycles. The van der Waals surface area contributed by atoms with Gasteiger partial charge in [0.25, 0.3) is 0 Å². The maximum absolute atomic E-state index is 12.8. The lowest BCUT2D eigenvalue weighted by Crippen LogP contribution is -2.32.